The highest BCUT2D eigenvalue weighted by Gasteiger charge is 1.80. The number of rotatable bonds is 0. The molecule has 2 aromatic carbocycles. The summed E-state index contributed by atoms with van der Waals surface area (Å²) in [7, 11) is 0. The van der Waals surface area contributed by atoms with E-state index in [0.717, 1.165) is 11.4 Å². The summed E-state index contributed by atoms with van der Waals surface area (Å²) in [5.74, 6) is 0. The van der Waals surface area contributed by atoms with Gasteiger partial charge in [-0.25, -0.2) is 0 Å². The Balaban J connectivity index is 0. The second-order valence-electron chi connectivity index (χ2n) is 4.74. The van der Waals surface area contributed by atoms with Gasteiger partial charge in [0.1, 0.15) is 0 Å². The average molecular weight is 288 g/mol. The van der Waals surface area contributed by atoms with Crippen LogP contribution in [0.4, 0.5) is 11.4 Å². The highest BCUT2D eigenvalue weighted by Crippen LogP contribution is 2.02. The summed E-state index contributed by atoms with van der Waals surface area (Å²) in [4.78, 5) is 0. The Kier molecular flexibility index (Phi) is 16.4. The second kappa shape index (κ2) is 16.1. The van der Waals surface area contributed by atoms with Crippen LogP contribution >= 0.6 is 0 Å². The van der Waals surface area contributed by atoms with E-state index in [1.165, 1.54) is 18.4 Å². The molecule has 2 aromatic rings. The van der Waals surface area contributed by atoms with Gasteiger partial charge in [-0.15, -0.1) is 0 Å². The van der Waals surface area contributed by atoms with E-state index in [9.17, 15) is 0 Å². The zero-order valence-electron chi connectivity index (χ0n) is 14.3. The molecule has 0 aliphatic carbocycles. The van der Waals surface area contributed by atoms with Crippen molar-refractivity contribution in [3.05, 3.63) is 60.2 Å². The summed E-state index contributed by atoms with van der Waals surface area (Å²) in [5.41, 5.74) is 13.7. The van der Waals surface area contributed by atoms with Crippen molar-refractivity contribution in [3.8, 4) is 0 Å². The maximum atomic E-state index is 5.43. The Labute approximate surface area is 131 Å². The third kappa shape index (κ3) is 18.0. The third-order valence-corrected chi connectivity index (χ3v) is 1.88. The molecule has 0 bridgehead atoms. The fourth-order valence-corrected chi connectivity index (χ4v) is 1.02. The van der Waals surface area contributed by atoms with Crippen molar-refractivity contribution in [2.75, 3.05) is 11.5 Å². The molecule has 2 rings (SSSR count). The van der Waals surface area contributed by atoms with Crippen LogP contribution in [0.15, 0.2) is 54.6 Å². The molecule has 0 amide bonds. The molecule has 0 saturated heterocycles. The molecular formula is C19H32N2. The lowest BCUT2D eigenvalue weighted by Crippen LogP contribution is -1.81. The van der Waals surface area contributed by atoms with E-state index in [2.05, 4.69) is 27.7 Å². The minimum Gasteiger partial charge on any atom is -0.399 e. The van der Waals surface area contributed by atoms with E-state index >= 15 is 0 Å². The summed E-state index contributed by atoms with van der Waals surface area (Å²) >= 11 is 0. The third-order valence-electron chi connectivity index (χ3n) is 1.88. The number of hydrogen-bond donors (Lipinski definition) is 2. The highest BCUT2D eigenvalue weighted by atomic mass is 14.5. The Morgan fingerprint density at radius 3 is 1.19 bits per heavy atom. The second-order valence-corrected chi connectivity index (χ2v) is 4.74. The van der Waals surface area contributed by atoms with Gasteiger partial charge in [0.05, 0.1) is 0 Å². The molecule has 0 saturated carbocycles. The van der Waals surface area contributed by atoms with Gasteiger partial charge in [0.25, 0.3) is 0 Å². The average Bonchev–Trinajstić information content (AvgIpc) is 2.45. The number of nitrogens with two attached hydrogens (primary N) is 2. The lowest BCUT2D eigenvalue weighted by Gasteiger charge is -1.90. The molecule has 0 fully saturated rings. The van der Waals surface area contributed by atoms with Crippen LogP contribution in [-0.4, -0.2) is 0 Å². The largest absolute Gasteiger partial charge is 0.399 e. The molecule has 2 heteroatoms. The van der Waals surface area contributed by atoms with E-state index in [-0.39, 0.29) is 0 Å². The zero-order chi connectivity index (χ0) is 16.5. The molecule has 0 aliphatic heterocycles. The SMILES string of the molecule is CCC.CCC.Cc1ccc(N)cc1.Nc1ccccc1. The summed E-state index contributed by atoms with van der Waals surface area (Å²) in [6, 6.07) is 17.3. The first-order valence-corrected chi connectivity index (χ1v) is 7.64. The van der Waals surface area contributed by atoms with Gasteiger partial charge >= 0.3 is 0 Å². The first-order valence-electron chi connectivity index (χ1n) is 7.64. The molecule has 0 spiro atoms. The van der Waals surface area contributed by atoms with Gasteiger partial charge in [0.2, 0.25) is 0 Å². The maximum Gasteiger partial charge on any atom is 0.0314 e. The molecule has 0 unspecified atom stereocenters. The summed E-state index contributed by atoms with van der Waals surface area (Å²) < 4.78 is 0. The normalized spacial score (nSPS) is 8.05. The lowest BCUT2D eigenvalue weighted by molar-refractivity contribution is 1.09. The Hall–Kier alpha value is -1.96. The van der Waals surface area contributed by atoms with E-state index in [0.29, 0.717) is 0 Å². The monoisotopic (exact) mass is 288 g/mol. The van der Waals surface area contributed by atoms with Crippen LogP contribution in [0, 0.1) is 6.92 Å². The van der Waals surface area contributed by atoms with Crippen molar-refractivity contribution in [2.45, 2.75) is 47.5 Å². The van der Waals surface area contributed by atoms with Crippen LogP contribution in [0.5, 0.6) is 0 Å². The summed E-state index contributed by atoms with van der Waals surface area (Å²) in [5, 5.41) is 0. The van der Waals surface area contributed by atoms with Gasteiger partial charge in [-0.3, -0.25) is 0 Å². The summed E-state index contributed by atoms with van der Waals surface area (Å²) in [6.07, 6.45) is 2.50. The highest BCUT2D eigenvalue weighted by molar-refractivity contribution is 5.38. The fraction of sp³-hybridized carbons (Fsp3) is 0.368. The van der Waals surface area contributed by atoms with Crippen LogP contribution in [0.1, 0.15) is 46.1 Å². The maximum absolute atomic E-state index is 5.43. The number of nitrogen functional groups attached to an aromatic ring is 2. The van der Waals surface area contributed by atoms with Crippen molar-refractivity contribution in [3.63, 3.8) is 0 Å². The molecule has 0 aromatic heterocycles. The van der Waals surface area contributed by atoms with Crippen molar-refractivity contribution in [1.29, 1.82) is 0 Å². The molecule has 118 valence electrons. The summed E-state index contributed by atoms with van der Waals surface area (Å²) in [6.45, 7) is 10.5. The van der Waals surface area contributed by atoms with Gasteiger partial charge in [-0.1, -0.05) is 76.4 Å². The Bertz CT molecular complexity index is 384. The van der Waals surface area contributed by atoms with Gasteiger partial charge in [0, 0.05) is 11.4 Å². The number of anilines is 2. The zero-order valence-corrected chi connectivity index (χ0v) is 14.3. The van der Waals surface area contributed by atoms with Crippen molar-refractivity contribution in [1.82, 2.24) is 0 Å². The molecule has 0 radical (unpaired) electrons. The standard InChI is InChI=1S/C7H9N.C6H7N.2C3H8/c1-6-2-4-7(8)5-3-6;7-6-4-2-1-3-5-6;2*1-3-2/h2-5H,8H2,1H3;1-5H,7H2;2*3H2,1-2H3. The molecule has 0 heterocycles. The lowest BCUT2D eigenvalue weighted by atomic mass is 10.2. The predicted octanol–water partition coefficient (Wildman–Crippen LogP) is 5.68. The number of hydrogen-bond acceptors (Lipinski definition) is 2. The van der Waals surface area contributed by atoms with Gasteiger partial charge in [-0.05, 0) is 31.2 Å². The minimum absolute atomic E-state index is 0.822. The minimum atomic E-state index is 0.822. The first-order chi connectivity index (χ1) is 10.0. The molecular weight excluding hydrogens is 256 g/mol. The smallest absolute Gasteiger partial charge is 0.0314 e. The Morgan fingerprint density at radius 1 is 0.619 bits per heavy atom. The van der Waals surface area contributed by atoms with E-state index in [1.807, 2.05) is 61.5 Å². The predicted molar refractivity (Wildman–Crippen MR) is 98.4 cm³/mol. The van der Waals surface area contributed by atoms with Gasteiger partial charge < -0.3 is 11.5 Å². The number of para-hydroxylation sites is 1. The van der Waals surface area contributed by atoms with Gasteiger partial charge in [-0.2, -0.15) is 0 Å². The van der Waals surface area contributed by atoms with Gasteiger partial charge in [0.15, 0.2) is 0 Å². The topological polar surface area (TPSA) is 52.0 Å². The van der Waals surface area contributed by atoms with E-state index in [1.54, 1.807) is 0 Å². The van der Waals surface area contributed by atoms with Crippen molar-refractivity contribution < 1.29 is 0 Å². The molecule has 2 nitrogen and oxygen atoms in total. The quantitative estimate of drug-likeness (QED) is 0.613. The van der Waals surface area contributed by atoms with Crippen LogP contribution in [0.25, 0.3) is 0 Å². The van der Waals surface area contributed by atoms with E-state index in [4.69, 9.17) is 11.5 Å². The molecule has 21 heavy (non-hydrogen) atoms. The first kappa shape index (κ1) is 21.3. The Morgan fingerprint density at radius 2 is 0.952 bits per heavy atom. The number of benzene rings is 2. The van der Waals surface area contributed by atoms with Crippen LogP contribution in [0.3, 0.4) is 0 Å². The number of aryl methyl sites for hydroxylation is 1. The molecule has 0 aliphatic rings. The van der Waals surface area contributed by atoms with Crippen LogP contribution < -0.4 is 11.5 Å². The molecule has 0 atom stereocenters. The van der Waals surface area contributed by atoms with Crippen LogP contribution in [-0.2, 0) is 0 Å². The molecule has 4 N–H and O–H groups in total. The fourth-order valence-electron chi connectivity index (χ4n) is 1.02. The van der Waals surface area contributed by atoms with Crippen molar-refractivity contribution in [2.24, 2.45) is 0 Å². The van der Waals surface area contributed by atoms with Crippen LogP contribution in [0.2, 0.25) is 0 Å². The van der Waals surface area contributed by atoms with Crippen molar-refractivity contribution >= 4 is 11.4 Å². The van der Waals surface area contributed by atoms with E-state index < -0.39 is 0 Å².